The van der Waals surface area contributed by atoms with E-state index < -0.39 is 4.92 Å². The van der Waals surface area contributed by atoms with Crippen LogP contribution in [-0.4, -0.2) is 16.6 Å². The number of hydrogen-bond acceptors (Lipinski definition) is 4. The van der Waals surface area contributed by atoms with E-state index >= 15 is 0 Å². The molecule has 5 nitrogen and oxygen atoms in total. The first-order valence-corrected chi connectivity index (χ1v) is 6.74. The predicted molar refractivity (Wildman–Crippen MR) is 79.7 cm³/mol. The molecule has 0 heterocycles. The van der Waals surface area contributed by atoms with Gasteiger partial charge in [-0.2, -0.15) is 0 Å². The molecule has 2 rings (SSSR count). The standard InChI is InChI=1S/C15H14ClNO4/c16-14-2-1-3-15(13(14)10-18)21-9-8-11-4-6-12(7-5-11)17(19)20/h1-7,18H,8-10H2. The maximum atomic E-state index is 10.6. The Balaban J connectivity index is 1.95. The van der Waals surface area contributed by atoms with Gasteiger partial charge in [-0.25, -0.2) is 0 Å². The Hall–Kier alpha value is -2.11. The van der Waals surface area contributed by atoms with Crippen LogP contribution in [0.3, 0.4) is 0 Å². The van der Waals surface area contributed by atoms with Crippen LogP contribution in [0.4, 0.5) is 5.69 Å². The van der Waals surface area contributed by atoms with Crippen molar-refractivity contribution in [2.75, 3.05) is 6.61 Å². The summed E-state index contributed by atoms with van der Waals surface area (Å²) in [5.74, 6) is 0.548. The van der Waals surface area contributed by atoms with Gasteiger partial charge in [-0.1, -0.05) is 29.8 Å². The molecular weight excluding hydrogens is 294 g/mol. The number of non-ortho nitro benzene ring substituents is 1. The number of nitro benzene ring substituents is 1. The molecule has 0 saturated heterocycles. The average molecular weight is 308 g/mol. The second-order valence-corrected chi connectivity index (χ2v) is 4.80. The van der Waals surface area contributed by atoms with Crippen LogP contribution in [0.25, 0.3) is 0 Å². The fraction of sp³-hybridized carbons (Fsp3) is 0.200. The first kappa shape index (κ1) is 15.3. The van der Waals surface area contributed by atoms with E-state index in [0.29, 0.717) is 29.4 Å². The van der Waals surface area contributed by atoms with Gasteiger partial charge in [-0.05, 0) is 17.7 Å². The molecule has 1 N–H and O–H groups in total. The highest BCUT2D eigenvalue weighted by atomic mass is 35.5. The molecule has 2 aromatic rings. The summed E-state index contributed by atoms with van der Waals surface area (Å²) in [5.41, 5.74) is 1.56. The van der Waals surface area contributed by atoms with E-state index in [4.69, 9.17) is 16.3 Å². The van der Waals surface area contributed by atoms with Gasteiger partial charge >= 0.3 is 0 Å². The van der Waals surface area contributed by atoms with E-state index in [2.05, 4.69) is 0 Å². The number of nitrogens with zero attached hydrogens (tertiary/aromatic N) is 1. The lowest BCUT2D eigenvalue weighted by molar-refractivity contribution is -0.384. The Bertz CT molecular complexity index is 628. The van der Waals surface area contributed by atoms with Gasteiger partial charge < -0.3 is 9.84 Å². The molecule has 0 spiro atoms. The Labute approximate surface area is 126 Å². The molecule has 0 aliphatic carbocycles. The van der Waals surface area contributed by atoms with E-state index in [-0.39, 0.29) is 12.3 Å². The lowest BCUT2D eigenvalue weighted by Crippen LogP contribution is -2.04. The number of benzene rings is 2. The molecule has 0 radical (unpaired) electrons. The zero-order valence-electron chi connectivity index (χ0n) is 11.2. The Kier molecular flexibility index (Phi) is 5.14. The molecule has 6 heteroatoms. The lowest BCUT2D eigenvalue weighted by Gasteiger charge is -2.11. The number of halogens is 1. The van der Waals surface area contributed by atoms with Crippen LogP contribution in [0.2, 0.25) is 5.02 Å². The van der Waals surface area contributed by atoms with Crippen molar-refractivity contribution in [2.24, 2.45) is 0 Å². The van der Waals surface area contributed by atoms with E-state index in [1.54, 1.807) is 30.3 Å². The molecule has 0 atom stereocenters. The van der Waals surface area contributed by atoms with Crippen molar-refractivity contribution in [2.45, 2.75) is 13.0 Å². The quantitative estimate of drug-likeness (QED) is 0.656. The summed E-state index contributed by atoms with van der Waals surface area (Å²) in [6.07, 6.45) is 0.607. The van der Waals surface area contributed by atoms with Crippen molar-refractivity contribution in [1.29, 1.82) is 0 Å². The zero-order chi connectivity index (χ0) is 15.2. The summed E-state index contributed by atoms with van der Waals surface area (Å²) in [7, 11) is 0. The normalized spacial score (nSPS) is 10.4. The minimum Gasteiger partial charge on any atom is -0.493 e. The SMILES string of the molecule is O=[N+]([O-])c1ccc(CCOc2cccc(Cl)c2CO)cc1. The molecule has 2 aromatic carbocycles. The van der Waals surface area contributed by atoms with Crippen LogP contribution < -0.4 is 4.74 Å². The van der Waals surface area contributed by atoms with Gasteiger partial charge in [0.1, 0.15) is 5.75 Å². The number of ether oxygens (including phenoxy) is 1. The lowest BCUT2D eigenvalue weighted by atomic mass is 10.1. The minimum atomic E-state index is -0.431. The Morgan fingerprint density at radius 3 is 2.52 bits per heavy atom. The summed E-state index contributed by atoms with van der Waals surface area (Å²) in [6.45, 7) is 0.206. The third-order valence-corrected chi connectivity index (χ3v) is 3.38. The number of aliphatic hydroxyl groups is 1. The summed E-state index contributed by atoms with van der Waals surface area (Å²) < 4.78 is 5.61. The molecule has 0 aliphatic rings. The maximum Gasteiger partial charge on any atom is 0.269 e. The van der Waals surface area contributed by atoms with E-state index in [1.165, 1.54) is 12.1 Å². The van der Waals surface area contributed by atoms with Gasteiger partial charge in [0.15, 0.2) is 0 Å². The summed E-state index contributed by atoms with van der Waals surface area (Å²) >= 11 is 5.97. The molecular formula is C15H14ClNO4. The number of hydrogen-bond donors (Lipinski definition) is 1. The van der Waals surface area contributed by atoms with E-state index in [1.807, 2.05) is 0 Å². The highest BCUT2D eigenvalue weighted by Crippen LogP contribution is 2.26. The molecule has 0 amide bonds. The predicted octanol–water partition coefficient (Wildman–Crippen LogP) is 3.36. The minimum absolute atomic E-state index is 0.0667. The largest absolute Gasteiger partial charge is 0.493 e. The van der Waals surface area contributed by atoms with Gasteiger partial charge in [0.05, 0.1) is 18.1 Å². The highest BCUT2D eigenvalue weighted by Gasteiger charge is 2.07. The Morgan fingerprint density at radius 2 is 1.90 bits per heavy atom. The number of rotatable bonds is 6. The first-order valence-electron chi connectivity index (χ1n) is 6.36. The number of nitro groups is 1. The third kappa shape index (κ3) is 3.93. The Morgan fingerprint density at radius 1 is 1.19 bits per heavy atom. The first-order chi connectivity index (χ1) is 10.1. The van der Waals surface area contributed by atoms with Gasteiger partial charge in [-0.3, -0.25) is 10.1 Å². The van der Waals surface area contributed by atoms with Crippen molar-refractivity contribution < 1.29 is 14.8 Å². The van der Waals surface area contributed by atoms with E-state index in [0.717, 1.165) is 5.56 Å². The van der Waals surface area contributed by atoms with Crippen molar-refractivity contribution in [3.63, 3.8) is 0 Å². The molecule has 0 fully saturated rings. The molecule has 0 unspecified atom stereocenters. The average Bonchev–Trinajstić information content (AvgIpc) is 2.48. The van der Waals surface area contributed by atoms with Crippen molar-refractivity contribution >= 4 is 17.3 Å². The monoisotopic (exact) mass is 307 g/mol. The van der Waals surface area contributed by atoms with Crippen LogP contribution in [0.1, 0.15) is 11.1 Å². The second kappa shape index (κ2) is 7.06. The summed E-state index contributed by atoms with van der Waals surface area (Å²) in [5, 5.41) is 20.3. The fourth-order valence-electron chi connectivity index (χ4n) is 1.89. The molecule has 0 aliphatic heterocycles. The van der Waals surface area contributed by atoms with Gasteiger partial charge in [0.25, 0.3) is 5.69 Å². The third-order valence-electron chi connectivity index (χ3n) is 3.03. The van der Waals surface area contributed by atoms with Crippen LogP contribution >= 0.6 is 11.6 Å². The highest BCUT2D eigenvalue weighted by molar-refractivity contribution is 6.31. The maximum absolute atomic E-state index is 10.6. The van der Waals surface area contributed by atoms with Crippen LogP contribution in [-0.2, 0) is 13.0 Å². The summed E-state index contributed by atoms with van der Waals surface area (Å²) in [6, 6.07) is 11.5. The van der Waals surface area contributed by atoms with E-state index in [9.17, 15) is 15.2 Å². The topological polar surface area (TPSA) is 72.6 Å². The molecule has 21 heavy (non-hydrogen) atoms. The molecule has 110 valence electrons. The molecule has 0 aromatic heterocycles. The van der Waals surface area contributed by atoms with Gasteiger partial charge in [0.2, 0.25) is 0 Å². The molecule has 0 bridgehead atoms. The smallest absolute Gasteiger partial charge is 0.269 e. The molecule has 0 saturated carbocycles. The van der Waals surface area contributed by atoms with Crippen molar-refractivity contribution in [1.82, 2.24) is 0 Å². The van der Waals surface area contributed by atoms with Crippen molar-refractivity contribution in [3.05, 3.63) is 68.7 Å². The van der Waals surface area contributed by atoms with Crippen molar-refractivity contribution in [3.8, 4) is 5.75 Å². The van der Waals surface area contributed by atoms with Crippen LogP contribution in [0.15, 0.2) is 42.5 Å². The van der Waals surface area contributed by atoms with Crippen LogP contribution in [0.5, 0.6) is 5.75 Å². The van der Waals surface area contributed by atoms with Gasteiger partial charge in [0, 0.05) is 29.1 Å². The zero-order valence-corrected chi connectivity index (χ0v) is 11.9. The van der Waals surface area contributed by atoms with Gasteiger partial charge in [-0.15, -0.1) is 0 Å². The number of aliphatic hydroxyl groups excluding tert-OH is 1. The van der Waals surface area contributed by atoms with Crippen LogP contribution in [0, 0.1) is 10.1 Å². The second-order valence-electron chi connectivity index (χ2n) is 4.40. The fourth-order valence-corrected chi connectivity index (χ4v) is 2.12. The summed E-state index contributed by atoms with van der Waals surface area (Å²) in [4.78, 5) is 10.1.